The van der Waals surface area contributed by atoms with Gasteiger partial charge in [-0.25, -0.2) is 9.18 Å². The van der Waals surface area contributed by atoms with E-state index in [2.05, 4.69) is 15.4 Å². The fraction of sp³-hybridized carbons (Fsp3) is 0.500. The zero-order valence-corrected chi connectivity index (χ0v) is 12.4. The molecule has 0 aliphatic carbocycles. The first-order valence-electron chi connectivity index (χ1n) is 6.92. The van der Waals surface area contributed by atoms with Crippen molar-refractivity contribution in [2.45, 2.75) is 32.0 Å². The van der Waals surface area contributed by atoms with E-state index in [9.17, 15) is 22.4 Å². The molecule has 23 heavy (non-hydrogen) atoms. The number of carbonyl (C=O) groups is 1. The number of ether oxygens (including phenoxy) is 1. The van der Waals surface area contributed by atoms with Crippen LogP contribution >= 0.6 is 0 Å². The summed E-state index contributed by atoms with van der Waals surface area (Å²) in [6, 6.07) is 1.75. The third kappa shape index (κ3) is 7.18. The topological polar surface area (TPSA) is 70.6 Å². The Morgan fingerprint density at radius 3 is 2.65 bits per heavy atom. The molecule has 1 atom stereocenters. The Morgan fingerprint density at radius 1 is 1.39 bits per heavy atom. The second kappa shape index (κ2) is 8.56. The lowest BCUT2D eigenvalue weighted by atomic mass is 10.2. The van der Waals surface area contributed by atoms with E-state index in [1.165, 1.54) is 0 Å². The summed E-state index contributed by atoms with van der Waals surface area (Å²) in [4.78, 5) is 11.8. The number of halogens is 4. The van der Waals surface area contributed by atoms with Gasteiger partial charge in [-0.3, -0.25) is 0 Å². The summed E-state index contributed by atoms with van der Waals surface area (Å²) < 4.78 is 54.4. The summed E-state index contributed by atoms with van der Waals surface area (Å²) in [5.41, 5.74) is -0.217. The van der Waals surface area contributed by atoms with E-state index < -0.39 is 24.6 Å². The maximum atomic E-state index is 13.2. The molecule has 0 radical (unpaired) electrons. The van der Waals surface area contributed by atoms with Crippen LogP contribution in [0.4, 0.5) is 28.0 Å². The number of benzene rings is 1. The average molecular weight is 338 g/mol. The number of rotatable bonds is 7. The highest BCUT2D eigenvalue weighted by molar-refractivity contribution is 5.91. The Balaban J connectivity index is 2.77. The van der Waals surface area contributed by atoms with Crippen LogP contribution in [-0.2, 0) is 0 Å². The molecule has 0 spiro atoms. The SMILES string of the molecule is CCC(CCO)NC(=O)Nc1cc(F)ccc1OCC(F)(F)F. The molecule has 1 rings (SSSR count). The number of carbonyl (C=O) groups excluding carboxylic acids is 1. The third-order valence-electron chi connectivity index (χ3n) is 2.89. The molecule has 0 bridgehead atoms. The van der Waals surface area contributed by atoms with Crippen LogP contribution in [0.25, 0.3) is 0 Å². The van der Waals surface area contributed by atoms with Gasteiger partial charge in [0.2, 0.25) is 0 Å². The second-order valence-corrected chi connectivity index (χ2v) is 4.76. The van der Waals surface area contributed by atoms with Gasteiger partial charge in [0.1, 0.15) is 11.6 Å². The highest BCUT2D eigenvalue weighted by atomic mass is 19.4. The molecular weight excluding hydrogens is 320 g/mol. The van der Waals surface area contributed by atoms with E-state index in [1.54, 1.807) is 6.92 Å². The molecule has 0 fully saturated rings. The maximum Gasteiger partial charge on any atom is 0.422 e. The number of alkyl halides is 3. The van der Waals surface area contributed by atoms with Gasteiger partial charge in [-0.15, -0.1) is 0 Å². The van der Waals surface area contributed by atoms with Crippen LogP contribution in [0.15, 0.2) is 18.2 Å². The van der Waals surface area contributed by atoms with Gasteiger partial charge in [0, 0.05) is 18.7 Å². The number of amides is 2. The van der Waals surface area contributed by atoms with Gasteiger partial charge in [0.05, 0.1) is 5.69 Å². The number of nitrogens with one attached hydrogen (secondary N) is 2. The Bertz CT molecular complexity index is 523. The van der Waals surface area contributed by atoms with E-state index in [4.69, 9.17) is 5.11 Å². The minimum atomic E-state index is -4.55. The molecule has 3 N–H and O–H groups in total. The van der Waals surface area contributed by atoms with Crippen molar-refractivity contribution in [3.05, 3.63) is 24.0 Å². The van der Waals surface area contributed by atoms with Crippen molar-refractivity contribution in [1.82, 2.24) is 5.32 Å². The lowest BCUT2D eigenvalue weighted by Gasteiger charge is -2.18. The van der Waals surface area contributed by atoms with Crippen LogP contribution in [-0.4, -0.2) is 36.6 Å². The fourth-order valence-corrected chi connectivity index (χ4v) is 1.76. The van der Waals surface area contributed by atoms with Crippen LogP contribution in [0.5, 0.6) is 5.75 Å². The molecule has 9 heteroatoms. The summed E-state index contributed by atoms with van der Waals surface area (Å²) in [5.74, 6) is -1.03. The van der Waals surface area contributed by atoms with Gasteiger partial charge in [-0.1, -0.05) is 6.92 Å². The Hall–Kier alpha value is -2.03. The summed E-state index contributed by atoms with van der Waals surface area (Å²) in [6.45, 7) is 0.108. The fourth-order valence-electron chi connectivity index (χ4n) is 1.76. The van der Waals surface area contributed by atoms with E-state index in [0.29, 0.717) is 12.8 Å². The summed E-state index contributed by atoms with van der Waals surface area (Å²) in [5, 5.41) is 13.6. The molecular formula is C14H18F4N2O3. The largest absolute Gasteiger partial charge is 0.482 e. The van der Waals surface area contributed by atoms with Gasteiger partial charge in [-0.05, 0) is 25.0 Å². The molecule has 1 aromatic carbocycles. The smallest absolute Gasteiger partial charge is 0.422 e. The van der Waals surface area contributed by atoms with Crippen molar-refractivity contribution in [2.75, 3.05) is 18.5 Å². The minimum absolute atomic E-state index is 0.126. The maximum absolute atomic E-state index is 13.2. The van der Waals surface area contributed by atoms with E-state index >= 15 is 0 Å². The highest BCUT2D eigenvalue weighted by Gasteiger charge is 2.29. The monoisotopic (exact) mass is 338 g/mol. The molecule has 2 amide bonds. The van der Waals surface area contributed by atoms with Crippen LogP contribution in [0, 0.1) is 5.82 Å². The lowest BCUT2D eigenvalue weighted by Crippen LogP contribution is -2.38. The molecule has 0 saturated carbocycles. The van der Waals surface area contributed by atoms with Gasteiger partial charge in [0.25, 0.3) is 0 Å². The van der Waals surface area contributed by atoms with Gasteiger partial charge < -0.3 is 20.5 Å². The summed E-state index contributed by atoms with van der Waals surface area (Å²) in [7, 11) is 0. The van der Waals surface area contributed by atoms with Crippen molar-refractivity contribution in [3.8, 4) is 5.75 Å². The van der Waals surface area contributed by atoms with Crippen molar-refractivity contribution < 1.29 is 32.2 Å². The molecule has 1 unspecified atom stereocenters. The quantitative estimate of drug-likeness (QED) is 0.669. The van der Waals surface area contributed by atoms with Crippen LogP contribution < -0.4 is 15.4 Å². The number of anilines is 1. The number of urea groups is 1. The number of aliphatic hydroxyl groups is 1. The number of hydrogen-bond donors (Lipinski definition) is 3. The molecule has 0 heterocycles. The molecule has 0 aromatic heterocycles. The van der Waals surface area contributed by atoms with Crippen LogP contribution in [0.1, 0.15) is 19.8 Å². The molecule has 130 valence electrons. The predicted octanol–water partition coefficient (Wildman–Crippen LogP) is 3.05. The van der Waals surface area contributed by atoms with Gasteiger partial charge in [-0.2, -0.15) is 13.2 Å². The van der Waals surface area contributed by atoms with Crippen molar-refractivity contribution >= 4 is 11.7 Å². The van der Waals surface area contributed by atoms with E-state index in [-0.39, 0.29) is 24.1 Å². The Morgan fingerprint density at radius 2 is 2.09 bits per heavy atom. The first-order valence-corrected chi connectivity index (χ1v) is 6.92. The summed E-state index contributed by atoms with van der Waals surface area (Å²) in [6.07, 6.45) is -3.68. The highest BCUT2D eigenvalue weighted by Crippen LogP contribution is 2.27. The standard InChI is InChI=1S/C14H18F4N2O3/c1-2-10(5-6-21)19-13(22)20-11-7-9(15)3-4-12(11)23-8-14(16,17)18/h3-4,7,10,21H,2,5-6,8H2,1H3,(H2,19,20,22). The average Bonchev–Trinajstić information content (AvgIpc) is 2.45. The molecule has 0 aliphatic rings. The zero-order valence-electron chi connectivity index (χ0n) is 12.4. The predicted molar refractivity (Wildman–Crippen MR) is 75.9 cm³/mol. The first kappa shape index (κ1) is 19.0. The number of hydrogen-bond acceptors (Lipinski definition) is 3. The summed E-state index contributed by atoms with van der Waals surface area (Å²) >= 11 is 0. The lowest BCUT2D eigenvalue weighted by molar-refractivity contribution is -0.153. The molecule has 0 aliphatic heterocycles. The van der Waals surface area contributed by atoms with Crippen molar-refractivity contribution in [3.63, 3.8) is 0 Å². The van der Waals surface area contributed by atoms with Crippen molar-refractivity contribution in [2.24, 2.45) is 0 Å². The Kier molecular flexibility index (Phi) is 7.08. The van der Waals surface area contributed by atoms with E-state index in [1.807, 2.05) is 0 Å². The number of aliphatic hydroxyl groups excluding tert-OH is 1. The normalized spacial score (nSPS) is 12.6. The van der Waals surface area contributed by atoms with Gasteiger partial charge >= 0.3 is 12.2 Å². The Labute approximate surface area is 130 Å². The molecule has 1 aromatic rings. The van der Waals surface area contributed by atoms with Crippen LogP contribution in [0.3, 0.4) is 0 Å². The second-order valence-electron chi connectivity index (χ2n) is 4.76. The van der Waals surface area contributed by atoms with Gasteiger partial charge in [0.15, 0.2) is 6.61 Å². The zero-order chi connectivity index (χ0) is 17.5. The minimum Gasteiger partial charge on any atom is -0.482 e. The third-order valence-corrected chi connectivity index (χ3v) is 2.89. The van der Waals surface area contributed by atoms with Crippen LogP contribution in [0.2, 0.25) is 0 Å². The van der Waals surface area contributed by atoms with E-state index in [0.717, 1.165) is 18.2 Å². The first-order chi connectivity index (χ1) is 10.7. The van der Waals surface area contributed by atoms with Crippen molar-refractivity contribution in [1.29, 1.82) is 0 Å². The molecule has 0 saturated heterocycles. The molecule has 5 nitrogen and oxygen atoms in total.